The first-order valence-corrected chi connectivity index (χ1v) is 14.9. The minimum Gasteiger partial charge on any atom is -0.477 e. The van der Waals surface area contributed by atoms with Crippen LogP contribution in [0.15, 0.2) is 30.5 Å². The summed E-state index contributed by atoms with van der Waals surface area (Å²) in [5.74, 6) is -0.219. The van der Waals surface area contributed by atoms with Gasteiger partial charge in [0, 0.05) is 51.0 Å². The number of aromatic nitrogens is 2. The molecule has 2 atom stereocenters. The van der Waals surface area contributed by atoms with E-state index in [-0.39, 0.29) is 32.0 Å². The highest BCUT2D eigenvalue weighted by Gasteiger charge is 2.62. The Morgan fingerprint density at radius 1 is 1.20 bits per heavy atom. The molecule has 2 aliphatic heterocycles. The molecule has 0 bridgehead atoms. The van der Waals surface area contributed by atoms with Crippen molar-refractivity contribution in [1.82, 2.24) is 25.5 Å². The average Bonchev–Trinajstić information content (AvgIpc) is 3.69. The van der Waals surface area contributed by atoms with Gasteiger partial charge in [0.25, 0.3) is 0 Å². The first kappa shape index (κ1) is 29.6. The minimum absolute atomic E-state index is 0.109. The highest BCUT2D eigenvalue weighted by molar-refractivity contribution is 5.84. The third kappa shape index (κ3) is 6.02. The molecule has 0 aromatic carbocycles. The lowest BCUT2D eigenvalue weighted by Crippen LogP contribution is -2.60. The number of hydrogen-bond donors (Lipinski definition) is 2. The van der Waals surface area contributed by atoms with Crippen LogP contribution >= 0.6 is 0 Å². The average molecular weight is 575 g/mol. The topological polar surface area (TPSA) is 82.6 Å². The molecule has 1 aliphatic carbocycles. The largest absolute Gasteiger partial charge is 0.477 e. The van der Waals surface area contributed by atoms with Crippen LogP contribution in [-0.4, -0.2) is 78.4 Å². The summed E-state index contributed by atoms with van der Waals surface area (Å²) in [4.78, 5) is 26.6. The molecule has 4 heterocycles. The quantitative estimate of drug-likeness (QED) is 0.455. The summed E-state index contributed by atoms with van der Waals surface area (Å²) >= 11 is 0. The molecule has 2 N–H and O–H groups in total. The standard InChI is InChI=1S/C30H41F3N6O2/c1-3-22-20-38(28(40)29(30(31,32)33)12-5-6-13-29)16-17-39(22)26-10-9-24(23-8-7-14-35-27(23)41-4-2)37-25(26)19-36-21-11-15-34-18-21/h7-10,14,21-22,34,36H,3-6,11-13,15-20H2,1-2H3/t21-,22-/m1/s1. The van der Waals surface area contributed by atoms with Crippen LogP contribution in [0.5, 0.6) is 5.88 Å². The van der Waals surface area contributed by atoms with Crippen molar-refractivity contribution in [2.75, 3.05) is 44.2 Å². The molecular formula is C30H41F3N6O2. The second-order valence-electron chi connectivity index (χ2n) is 11.3. The van der Waals surface area contributed by atoms with E-state index in [1.165, 1.54) is 4.90 Å². The van der Waals surface area contributed by atoms with Crippen molar-refractivity contribution in [3.63, 3.8) is 0 Å². The number of anilines is 1. The van der Waals surface area contributed by atoms with Crippen LogP contribution in [0.2, 0.25) is 0 Å². The van der Waals surface area contributed by atoms with E-state index in [1.54, 1.807) is 6.20 Å². The van der Waals surface area contributed by atoms with Gasteiger partial charge in [-0.25, -0.2) is 9.97 Å². The Morgan fingerprint density at radius 2 is 2.00 bits per heavy atom. The zero-order valence-corrected chi connectivity index (χ0v) is 24.0. The van der Waals surface area contributed by atoms with E-state index < -0.39 is 17.5 Å². The third-order valence-electron chi connectivity index (χ3n) is 8.86. The van der Waals surface area contributed by atoms with Crippen molar-refractivity contribution in [3.8, 4) is 17.1 Å². The number of piperazine rings is 1. The summed E-state index contributed by atoms with van der Waals surface area (Å²) < 4.78 is 48.3. The van der Waals surface area contributed by atoms with E-state index >= 15 is 0 Å². The molecule has 2 aromatic rings. The van der Waals surface area contributed by atoms with Crippen molar-refractivity contribution in [2.24, 2.45) is 5.41 Å². The van der Waals surface area contributed by atoms with E-state index in [0.29, 0.717) is 50.9 Å². The van der Waals surface area contributed by atoms with E-state index in [2.05, 4.69) is 20.5 Å². The number of hydrogen-bond acceptors (Lipinski definition) is 7. The van der Waals surface area contributed by atoms with Crippen LogP contribution in [0, 0.1) is 5.41 Å². The summed E-state index contributed by atoms with van der Waals surface area (Å²) in [6.45, 7) is 7.82. The highest BCUT2D eigenvalue weighted by Crippen LogP contribution is 2.52. The summed E-state index contributed by atoms with van der Waals surface area (Å²) in [7, 11) is 0. The Labute approximate surface area is 240 Å². The molecule has 224 valence electrons. The lowest BCUT2D eigenvalue weighted by Gasteiger charge is -2.45. The Hall–Kier alpha value is -2.92. The first-order valence-electron chi connectivity index (χ1n) is 14.9. The molecule has 3 fully saturated rings. The molecule has 2 saturated heterocycles. The molecule has 5 rings (SSSR count). The van der Waals surface area contributed by atoms with Gasteiger partial charge in [-0.05, 0) is 63.4 Å². The fourth-order valence-corrected chi connectivity index (χ4v) is 6.55. The summed E-state index contributed by atoms with van der Waals surface area (Å²) in [5.41, 5.74) is 1.13. The predicted molar refractivity (Wildman–Crippen MR) is 152 cm³/mol. The third-order valence-corrected chi connectivity index (χ3v) is 8.86. The number of carbonyl (C=O) groups excluding carboxylic acids is 1. The second-order valence-corrected chi connectivity index (χ2v) is 11.3. The van der Waals surface area contributed by atoms with Gasteiger partial charge >= 0.3 is 6.18 Å². The van der Waals surface area contributed by atoms with E-state index in [0.717, 1.165) is 42.1 Å². The van der Waals surface area contributed by atoms with E-state index in [4.69, 9.17) is 9.72 Å². The number of amides is 1. The molecule has 0 radical (unpaired) electrons. The molecule has 11 heteroatoms. The van der Waals surface area contributed by atoms with Crippen molar-refractivity contribution < 1.29 is 22.7 Å². The van der Waals surface area contributed by atoms with Gasteiger partial charge < -0.3 is 25.2 Å². The van der Waals surface area contributed by atoms with Crippen LogP contribution in [0.4, 0.5) is 18.9 Å². The molecule has 3 aliphatic rings. The highest BCUT2D eigenvalue weighted by atomic mass is 19.4. The van der Waals surface area contributed by atoms with Gasteiger partial charge in [-0.2, -0.15) is 13.2 Å². The second kappa shape index (κ2) is 12.5. The molecule has 0 unspecified atom stereocenters. The number of halogens is 3. The maximum absolute atomic E-state index is 14.2. The Balaban J connectivity index is 1.42. The smallest absolute Gasteiger partial charge is 0.403 e. The molecule has 1 amide bonds. The molecule has 8 nitrogen and oxygen atoms in total. The Morgan fingerprint density at radius 3 is 2.68 bits per heavy atom. The maximum Gasteiger partial charge on any atom is 0.403 e. The van der Waals surface area contributed by atoms with Crippen LogP contribution in [0.3, 0.4) is 0 Å². The minimum atomic E-state index is -4.53. The van der Waals surface area contributed by atoms with Crippen LogP contribution in [0.25, 0.3) is 11.3 Å². The summed E-state index contributed by atoms with van der Waals surface area (Å²) in [5, 5.41) is 7.00. The SMILES string of the molecule is CCOc1ncccc1-c1ccc(N2CCN(C(=O)C3(C(F)(F)F)CCCC3)C[C@H]2CC)c(CN[C@@H]2CCNC2)n1. The van der Waals surface area contributed by atoms with E-state index in [1.807, 2.05) is 38.1 Å². The number of rotatable bonds is 9. The molecule has 2 aromatic heterocycles. The molecule has 41 heavy (non-hydrogen) atoms. The zero-order chi connectivity index (χ0) is 29.0. The van der Waals surface area contributed by atoms with Crippen LogP contribution < -0.4 is 20.3 Å². The lowest BCUT2D eigenvalue weighted by atomic mass is 9.83. The van der Waals surface area contributed by atoms with Crippen LogP contribution in [0.1, 0.15) is 58.1 Å². The monoisotopic (exact) mass is 574 g/mol. The van der Waals surface area contributed by atoms with Gasteiger partial charge in [0.05, 0.1) is 29.2 Å². The summed E-state index contributed by atoms with van der Waals surface area (Å²) in [6.07, 6.45) is -0.445. The Kier molecular flexibility index (Phi) is 9.03. The molecule has 0 spiro atoms. The van der Waals surface area contributed by atoms with Gasteiger partial charge in [-0.15, -0.1) is 0 Å². The fourth-order valence-electron chi connectivity index (χ4n) is 6.55. The van der Waals surface area contributed by atoms with Gasteiger partial charge in [0.1, 0.15) is 5.41 Å². The number of ether oxygens (including phenoxy) is 1. The van der Waals surface area contributed by atoms with Gasteiger partial charge in [0.2, 0.25) is 11.8 Å². The van der Waals surface area contributed by atoms with Crippen LogP contribution in [-0.2, 0) is 11.3 Å². The lowest BCUT2D eigenvalue weighted by molar-refractivity contribution is -0.226. The number of nitrogens with zero attached hydrogens (tertiary/aromatic N) is 4. The van der Waals surface area contributed by atoms with Crippen molar-refractivity contribution in [1.29, 1.82) is 0 Å². The van der Waals surface area contributed by atoms with E-state index in [9.17, 15) is 18.0 Å². The summed E-state index contributed by atoms with van der Waals surface area (Å²) in [6, 6.07) is 8.02. The van der Waals surface area contributed by atoms with Gasteiger partial charge in [-0.1, -0.05) is 19.8 Å². The normalized spacial score (nSPS) is 22.8. The maximum atomic E-state index is 14.2. The zero-order valence-electron chi connectivity index (χ0n) is 24.0. The number of nitrogens with one attached hydrogen (secondary N) is 2. The number of pyridine rings is 2. The van der Waals surface area contributed by atoms with Crippen molar-refractivity contribution in [2.45, 2.75) is 77.2 Å². The molecule has 1 saturated carbocycles. The van der Waals surface area contributed by atoms with Gasteiger partial charge in [0.15, 0.2) is 0 Å². The first-order chi connectivity index (χ1) is 19.8. The predicted octanol–water partition coefficient (Wildman–Crippen LogP) is 4.54. The van der Waals surface area contributed by atoms with Gasteiger partial charge in [-0.3, -0.25) is 4.79 Å². The molecular weight excluding hydrogens is 533 g/mol. The number of alkyl halides is 3. The fraction of sp³-hybridized carbons (Fsp3) is 0.633. The van der Waals surface area contributed by atoms with Crippen molar-refractivity contribution in [3.05, 3.63) is 36.2 Å². The number of carbonyl (C=O) groups is 1. The Bertz CT molecular complexity index is 1200. The van der Waals surface area contributed by atoms with Crippen molar-refractivity contribution >= 4 is 11.6 Å².